The van der Waals surface area contributed by atoms with E-state index in [-0.39, 0.29) is 6.10 Å². The van der Waals surface area contributed by atoms with E-state index >= 15 is 0 Å². The molecule has 0 bridgehead atoms. The Balaban J connectivity index is 1.84. The van der Waals surface area contributed by atoms with Crippen LogP contribution in [0.25, 0.3) is 0 Å². The van der Waals surface area contributed by atoms with Gasteiger partial charge in [0.15, 0.2) is 0 Å². The van der Waals surface area contributed by atoms with Crippen molar-refractivity contribution >= 4 is 5.97 Å². The highest BCUT2D eigenvalue weighted by molar-refractivity contribution is 5.81. The lowest BCUT2D eigenvalue weighted by molar-refractivity contribution is -0.138. The highest BCUT2D eigenvalue weighted by atomic mass is 16.5. The van der Waals surface area contributed by atoms with Gasteiger partial charge in [0.25, 0.3) is 0 Å². The molecule has 2 rings (SSSR count). The Morgan fingerprint density at radius 3 is 2.21 bits per heavy atom. The molecule has 0 aliphatic carbocycles. The molecule has 0 amide bonds. The van der Waals surface area contributed by atoms with E-state index in [9.17, 15) is 4.79 Å². The molecule has 2 aromatic rings. The van der Waals surface area contributed by atoms with Gasteiger partial charge in [0.05, 0.1) is 18.2 Å². The van der Waals surface area contributed by atoms with Gasteiger partial charge in [0.2, 0.25) is 0 Å². The summed E-state index contributed by atoms with van der Waals surface area (Å²) in [5.41, 5.74) is 3.14. The molecule has 0 fully saturated rings. The van der Waals surface area contributed by atoms with Gasteiger partial charge in [-0.15, -0.1) is 0 Å². The van der Waals surface area contributed by atoms with E-state index in [1.165, 1.54) is 17.2 Å². The lowest BCUT2D eigenvalue weighted by atomic mass is 10.0. The van der Waals surface area contributed by atoms with Gasteiger partial charge in [-0.05, 0) is 54.7 Å². The zero-order chi connectivity index (χ0) is 20.2. The number of hydrogen-bond acceptors (Lipinski definition) is 4. The minimum absolute atomic E-state index is 0.0205. The van der Waals surface area contributed by atoms with Crippen molar-refractivity contribution in [1.82, 2.24) is 0 Å². The Morgan fingerprint density at radius 2 is 1.68 bits per heavy atom. The fraction of sp³-hybridized carbons (Fsp3) is 0.333. The third kappa shape index (κ3) is 7.28. The average Bonchev–Trinajstić information content (AvgIpc) is 2.73. The summed E-state index contributed by atoms with van der Waals surface area (Å²) >= 11 is 0. The van der Waals surface area contributed by atoms with Gasteiger partial charge in [-0.1, -0.05) is 44.2 Å². The maximum absolute atomic E-state index is 11.1. The maximum atomic E-state index is 11.1. The third-order valence-corrected chi connectivity index (χ3v) is 4.47. The van der Waals surface area contributed by atoms with Crippen LogP contribution in [0, 0.1) is 11.3 Å². The molecular formula is C24H27NO3. The third-order valence-electron chi connectivity index (χ3n) is 4.47. The van der Waals surface area contributed by atoms with Crippen LogP contribution >= 0.6 is 0 Å². The molecule has 2 aromatic carbocycles. The first-order valence-corrected chi connectivity index (χ1v) is 9.68. The Kier molecular flexibility index (Phi) is 8.81. The summed E-state index contributed by atoms with van der Waals surface area (Å²) in [6.07, 6.45) is 5.63. The van der Waals surface area contributed by atoms with E-state index in [0.717, 1.165) is 31.4 Å². The standard InChI is InChI=1S/C24H27NO3/c1-3-5-22(16-17-27-24(26)4-2)28-23-14-12-20(13-15-23)7-6-19-8-10-21(18-25)11-9-19/h4,8-15,22H,2-3,5-7,16-17H2,1H3. The molecule has 0 aliphatic heterocycles. The number of esters is 1. The van der Waals surface area contributed by atoms with Gasteiger partial charge in [0.1, 0.15) is 11.9 Å². The van der Waals surface area contributed by atoms with Crippen LogP contribution in [0.15, 0.2) is 61.2 Å². The molecule has 0 spiro atoms. The second-order valence-electron chi connectivity index (χ2n) is 6.64. The van der Waals surface area contributed by atoms with E-state index in [2.05, 4.69) is 31.7 Å². The summed E-state index contributed by atoms with van der Waals surface area (Å²) in [4.78, 5) is 11.1. The van der Waals surface area contributed by atoms with Gasteiger partial charge >= 0.3 is 5.97 Å². The Labute approximate surface area is 167 Å². The molecule has 0 heterocycles. The minimum Gasteiger partial charge on any atom is -0.490 e. The van der Waals surface area contributed by atoms with Crippen molar-refractivity contribution in [2.24, 2.45) is 0 Å². The van der Waals surface area contributed by atoms with Crippen molar-refractivity contribution in [2.45, 2.75) is 45.1 Å². The summed E-state index contributed by atoms with van der Waals surface area (Å²) in [5, 5.41) is 8.85. The van der Waals surface area contributed by atoms with Crippen LogP contribution < -0.4 is 4.74 Å². The normalized spacial score (nSPS) is 11.3. The first-order chi connectivity index (χ1) is 13.6. The predicted molar refractivity (Wildman–Crippen MR) is 110 cm³/mol. The number of aryl methyl sites for hydroxylation is 2. The lowest BCUT2D eigenvalue weighted by Crippen LogP contribution is -2.19. The number of benzene rings is 2. The molecule has 28 heavy (non-hydrogen) atoms. The fourth-order valence-corrected chi connectivity index (χ4v) is 2.90. The minimum atomic E-state index is -0.401. The monoisotopic (exact) mass is 377 g/mol. The van der Waals surface area contributed by atoms with Crippen molar-refractivity contribution in [3.8, 4) is 11.8 Å². The molecule has 146 valence electrons. The Hall–Kier alpha value is -3.06. The Morgan fingerprint density at radius 1 is 1.07 bits per heavy atom. The SMILES string of the molecule is C=CC(=O)OCCC(CCC)Oc1ccc(CCc2ccc(C#N)cc2)cc1. The summed E-state index contributed by atoms with van der Waals surface area (Å²) < 4.78 is 11.1. The van der Waals surface area contributed by atoms with E-state index in [4.69, 9.17) is 14.7 Å². The zero-order valence-electron chi connectivity index (χ0n) is 16.4. The summed E-state index contributed by atoms with van der Waals surface area (Å²) in [7, 11) is 0. The second-order valence-corrected chi connectivity index (χ2v) is 6.64. The molecule has 0 aliphatic rings. The van der Waals surface area contributed by atoms with Crippen molar-refractivity contribution in [1.29, 1.82) is 5.26 Å². The van der Waals surface area contributed by atoms with Crippen LogP contribution in [-0.4, -0.2) is 18.7 Å². The summed E-state index contributed by atoms with van der Waals surface area (Å²) in [6.45, 7) is 5.84. The molecule has 4 heteroatoms. The van der Waals surface area contributed by atoms with E-state index in [1.807, 2.05) is 36.4 Å². The maximum Gasteiger partial charge on any atom is 0.330 e. The van der Waals surface area contributed by atoms with Gasteiger partial charge in [0, 0.05) is 12.5 Å². The first-order valence-electron chi connectivity index (χ1n) is 9.68. The van der Waals surface area contributed by atoms with Gasteiger partial charge in [-0.25, -0.2) is 4.79 Å². The number of carbonyl (C=O) groups excluding carboxylic acids is 1. The van der Waals surface area contributed by atoms with Crippen LogP contribution in [0.3, 0.4) is 0 Å². The van der Waals surface area contributed by atoms with E-state index in [1.54, 1.807) is 0 Å². The Bertz CT molecular complexity index is 788. The van der Waals surface area contributed by atoms with Crippen molar-refractivity contribution < 1.29 is 14.3 Å². The first kappa shape index (κ1) is 21.2. The molecule has 0 radical (unpaired) electrons. The average molecular weight is 377 g/mol. The van der Waals surface area contributed by atoms with Crippen LogP contribution in [0.1, 0.15) is 42.9 Å². The predicted octanol–water partition coefficient (Wildman–Crippen LogP) is 5.01. The van der Waals surface area contributed by atoms with E-state index in [0.29, 0.717) is 18.6 Å². The van der Waals surface area contributed by atoms with E-state index < -0.39 is 5.97 Å². The molecule has 1 atom stereocenters. The molecule has 0 aromatic heterocycles. The number of carbonyl (C=O) groups is 1. The van der Waals surface area contributed by atoms with Crippen LogP contribution in [-0.2, 0) is 22.4 Å². The lowest BCUT2D eigenvalue weighted by Gasteiger charge is -2.18. The van der Waals surface area contributed by atoms with Crippen LogP contribution in [0.5, 0.6) is 5.75 Å². The highest BCUT2D eigenvalue weighted by Gasteiger charge is 2.11. The molecule has 0 saturated carbocycles. The quantitative estimate of drug-likeness (QED) is 0.408. The summed E-state index contributed by atoms with van der Waals surface area (Å²) in [6, 6.07) is 18.0. The van der Waals surface area contributed by atoms with Gasteiger partial charge in [-0.2, -0.15) is 5.26 Å². The molecule has 0 saturated heterocycles. The van der Waals surface area contributed by atoms with Gasteiger partial charge in [-0.3, -0.25) is 0 Å². The molecular weight excluding hydrogens is 350 g/mol. The number of nitriles is 1. The summed E-state index contributed by atoms with van der Waals surface area (Å²) in [5.74, 6) is 0.428. The molecule has 1 unspecified atom stereocenters. The van der Waals surface area contributed by atoms with Crippen molar-refractivity contribution in [3.05, 3.63) is 77.9 Å². The fourth-order valence-electron chi connectivity index (χ4n) is 2.90. The number of rotatable bonds is 11. The van der Waals surface area contributed by atoms with Crippen molar-refractivity contribution in [2.75, 3.05) is 6.61 Å². The zero-order valence-corrected chi connectivity index (χ0v) is 16.4. The smallest absolute Gasteiger partial charge is 0.330 e. The number of hydrogen-bond donors (Lipinski definition) is 0. The van der Waals surface area contributed by atoms with Crippen LogP contribution in [0.2, 0.25) is 0 Å². The highest BCUT2D eigenvalue weighted by Crippen LogP contribution is 2.18. The van der Waals surface area contributed by atoms with Crippen molar-refractivity contribution in [3.63, 3.8) is 0 Å². The van der Waals surface area contributed by atoms with Gasteiger partial charge < -0.3 is 9.47 Å². The number of nitrogens with zero attached hydrogens (tertiary/aromatic N) is 1. The van der Waals surface area contributed by atoms with Crippen LogP contribution in [0.4, 0.5) is 0 Å². The molecule has 0 N–H and O–H groups in total. The number of ether oxygens (including phenoxy) is 2. The largest absolute Gasteiger partial charge is 0.490 e. The second kappa shape index (κ2) is 11.6. The molecule has 4 nitrogen and oxygen atoms in total. The topological polar surface area (TPSA) is 59.3 Å².